The van der Waals surface area contributed by atoms with Crippen molar-refractivity contribution >= 4 is 22.9 Å². The van der Waals surface area contributed by atoms with Gasteiger partial charge in [0.2, 0.25) is 5.95 Å². The summed E-state index contributed by atoms with van der Waals surface area (Å²) in [5.74, 6) is -0.309. The fourth-order valence-corrected chi connectivity index (χ4v) is 2.59. The van der Waals surface area contributed by atoms with Crippen LogP contribution in [0.2, 0.25) is 0 Å². The van der Waals surface area contributed by atoms with E-state index in [1.165, 1.54) is 12.1 Å². The molecule has 8 heteroatoms. The number of likely N-dealkylation sites (N-methyl/N-ethyl adjacent to an activating group) is 1. The van der Waals surface area contributed by atoms with E-state index in [2.05, 4.69) is 15.4 Å². The summed E-state index contributed by atoms with van der Waals surface area (Å²) < 4.78 is 16.9. The maximum Gasteiger partial charge on any atom is 0.278 e. The van der Waals surface area contributed by atoms with E-state index in [1.54, 1.807) is 23.0 Å². The highest BCUT2D eigenvalue weighted by molar-refractivity contribution is 6.02. The van der Waals surface area contributed by atoms with Crippen molar-refractivity contribution in [3.8, 4) is 0 Å². The number of anilines is 1. The predicted molar refractivity (Wildman–Crippen MR) is 94.1 cm³/mol. The van der Waals surface area contributed by atoms with Gasteiger partial charge in [-0.15, -0.1) is 0 Å². The van der Waals surface area contributed by atoms with Crippen molar-refractivity contribution in [2.45, 2.75) is 20.0 Å². The molecular weight excluding hydrogens is 323 g/mol. The molecule has 0 aliphatic rings. The molecule has 3 rings (SSSR count). The number of halogens is 1. The fourth-order valence-electron chi connectivity index (χ4n) is 2.59. The van der Waals surface area contributed by atoms with Crippen LogP contribution in [0.3, 0.4) is 0 Å². The number of amides is 1. The van der Waals surface area contributed by atoms with Crippen LogP contribution in [0.1, 0.15) is 17.4 Å². The maximum absolute atomic E-state index is 13.4. The zero-order chi connectivity index (χ0) is 18.0. The Labute approximate surface area is 145 Å². The van der Waals surface area contributed by atoms with E-state index in [-0.39, 0.29) is 11.7 Å². The Morgan fingerprint density at radius 3 is 2.84 bits per heavy atom. The molecule has 1 N–H and O–H groups in total. The normalized spacial score (nSPS) is 11.4. The number of imidazole rings is 1. The van der Waals surface area contributed by atoms with Crippen LogP contribution in [0.25, 0.3) is 11.0 Å². The number of nitrogens with one attached hydrogen (secondary N) is 1. The van der Waals surface area contributed by atoms with E-state index in [0.717, 1.165) is 12.1 Å². The van der Waals surface area contributed by atoms with Crippen molar-refractivity contribution < 1.29 is 9.18 Å². The van der Waals surface area contributed by atoms with Crippen LogP contribution in [-0.2, 0) is 13.1 Å². The molecule has 0 unspecified atom stereocenters. The first-order valence-electron chi connectivity index (χ1n) is 8.13. The smallest absolute Gasteiger partial charge is 0.278 e. The van der Waals surface area contributed by atoms with Crippen LogP contribution in [0.15, 0.2) is 30.5 Å². The molecule has 25 heavy (non-hydrogen) atoms. The first kappa shape index (κ1) is 17.1. The SMILES string of the molecule is CCn1c(NC(=O)c2ccn(CCN(C)C)n2)nc2cc(F)ccc21. The van der Waals surface area contributed by atoms with Gasteiger partial charge in [0.15, 0.2) is 5.69 Å². The molecule has 3 aromatic rings. The van der Waals surface area contributed by atoms with Crippen molar-refractivity contribution in [2.75, 3.05) is 26.0 Å². The molecule has 0 spiro atoms. The highest BCUT2D eigenvalue weighted by atomic mass is 19.1. The Morgan fingerprint density at radius 2 is 2.12 bits per heavy atom. The van der Waals surface area contributed by atoms with Crippen molar-refractivity contribution in [1.82, 2.24) is 24.2 Å². The van der Waals surface area contributed by atoms with Gasteiger partial charge in [-0.05, 0) is 39.2 Å². The lowest BCUT2D eigenvalue weighted by Crippen LogP contribution is -2.20. The summed E-state index contributed by atoms with van der Waals surface area (Å²) in [4.78, 5) is 18.8. The molecule has 0 bridgehead atoms. The summed E-state index contributed by atoms with van der Waals surface area (Å²) in [6, 6.07) is 6.07. The second-order valence-corrected chi connectivity index (χ2v) is 6.03. The zero-order valence-electron chi connectivity index (χ0n) is 14.5. The molecule has 0 saturated carbocycles. The lowest BCUT2D eigenvalue weighted by Gasteiger charge is -2.09. The largest absolute Gasteiger partial charge is 0.310 e. The van der Waals surface area contributed by atoms with Crippen molar-refractivity contribution in [3.63, 3.8) is 0 Å². The monoisotopic (exact) mass is 344 g/mol. The van der Waals surface area contributed by atoms with E-state index in [9.17, 15) is 9.18 Å². The number of hydrogen-bond donors (Lipinski definition) is 1. The number of carbonyl (C=O) groups is 1. The highest BCUT2D eigenvalue weighted by Gasteiger charge is 2.16. The predicted octanol–water partition coefficient (Wildman–Crippen LogP) is 2.21. The molecule has 0 radical (unpaired) electrons. The summed E-state index contributed by atoms with van der Waals surface area (Å²) in [5.41, 5.74) is 1.60. The fraction of sp³-hybridized carbons (Fsp3) is 0.353. The van der Waals surface area contributed by atoms with Gasteiger partial charge in [0, 0.05) is 25.4 Å². The van der Waals surface area contributed by atoms with Crippen molar-refractivity contribution in [3.05, 3.63) is 42.0 Å². The minimum atomic E-state index is -0.356. The van der Waals surface area contributed by atoms with E-state index >= 15 is 0 Å². The Balaban J connectivity index is 1.80. The topological polar surface area (TPSA) is 68.0 Å². The number of aromatic nitrogens is 4. The van der Waals surface area contributed by atoms with Crippen LogP contribution in [-0.4, -0.2) is 50.8 Å². The van der Waals surface area contributed by atoms with Gasteiger partial charge >= 0.3 is 0 Å². The van der Waals surface area contributed by atoms with E-state index in [4.69, 9.17) is 0 Å². The van der Waals surface area contributed by atoms with Crippen LogP contribution in [0.5, 0.6) is 0 Å². The average Bonchev–Trinajstić information content (AvgIpc) is 3.16. The third kappa shape index (κ3) is 3.69. The lowest BCUT2D eigenvalue weighted by atomic mass is 10.3. The summed E-state index contributed by atoms with van der Waals surface area (Å²) in [5, 5.41) is 7.05. The lowest BCUT2D eigenvalue weighted by molar-refractivity contribution is 0.102. The van der Waals surface area contributed by atoms with Gasteiger partial charge in [0.05, 0.1) is 17.6 Å². The number of hydrogen-bond acceptors (Lipinski definition) is 4. The first-order chi connectivity index (χ1) is 12.0. The van der Waals surface area contributed by atoms with Gasteiger partial charge in [0.1, 0.15) is 5.82 Å². The first-order valence-corrected chi connectivity index (χ1v) is 8.13. The van der Waals surface area contributed by atoms with Gasteiger partial charge in [-0.2, -0.15) is 5.10 Å². The third-order valence-corrected chi connectivity index (χ3v) is 3.90. The summed E-state index contributed by atoms with van der Waals surface area (Å²) >= 11 is 0. The van der Waals surface area contributed by atoms with Crippen LogP contribution >= 0.6 is 0 Å². The minimum absolute atomic E-state index is 0.319. The molecular formula is C17H21FN6O. The van der Waals surface area contributed by atoms with Crippen LogP contribution in [0, 0.1) is 5.82 Å². The summed E-state index contributed by atoms with van der Waals surface area (Å²) in [6.07, 6.45) is 1.77. The minimum Gasteiger partial charge on any atom is -0.310 e. The molecule has 0 fully saturated rings. The van der Waals surface area contributed by atoms with Crippen molar-refractivity contribution in [2.24, 2.45) is 0 Å². The standard InChI is InChI=1S/C17H21FN6O/c1-4-24-15-6-5-12(18)11-14(15)19-17(24)20-16(25)13-7-8-23(21-13)10-9-22(2)3/h5-8,11H,4,9-10H2,1-3H3,(H,19,20,25). The number of carbonyl (C=O) groups excluding carboxylic acids is 1. The molecule has 1 aromatic carbocycles. The quantitative estimate of drug-likeness (QED) is 0.744. The van der Waals surface area contributed by atoms with Crippen molar-refractivity contribution in [1.29, 1.82) is 0 Å². The molecule has 0 aliphatic carbocycles. The second kappa shape index (κ2) is 7.02. The Morgan fingerprint density at radius 1 is 1.32 bits per heavy atom. The molecule has 0 saturated heterocycles. The molecule has 0 aliphatic heterocycles. The van der Waals surface area contributed by atoms with Gasteiger partial charge in [-0.1, -0.05) is 0 Å². The Hall–Kier alpha value is -2.74. The van der Waals surface area contributed by atoms with E-state index in [1.807, 2.05) is 30.5 Å². The molecule has 0 atom stereocenters. The third-order valence-electron chi connectivity index (χ3n) is 3.90. The molecule has 2 aromatic heterocycles. The van der Waals surface area contributed by atoms with Gasteiger partial charge in [-0.25, -0.2) is 9.37 Å². The average molecular weight is 344 g/mol. The number of rotatable bonds is 6. The zero-order valence-corrected chi connectivity index (χ0v) is 14.5. The Kier molecular flexibility index (Phi) is 4.80. The second-order valence-electron chi connectivity index (χ2n) is 6.03. The summed E-state index contributed by atoms with van der Waals surface area (Å²) in [7, 11) is 3.96. The van der Waals surface area contributed by atoms with Gasteiger partial charge in [-0.3, -0.25) is 14.8 Å². The summed E-state index contributed by atoms with van der Waals surface area (Å²) in [6.45, 7) is 4.08. The van der Waals surface area contributed by atoms with Crippen LogP contribution in [0.4, 0.5) is 10.3 Å². The van der Waals surface area contributed by atoms with Gasteiger partial charge < -0.3 is 9.47 Å². The molecule has 1 amide bonds. The molecule has 2 heterocycles. The van der Waals surface area contributed by atoms with Gasteiger partial charge in [0.25, 0.3) is 5.91 Å². The number of aryl methyl sites for hydroxylation is 1. The maximum atomic E-state index is 13.4. The number of benzene rings is 1. The number of fused-ring (bicyclic) bond motifs is 1. The van der Waals surface area contributed by atoms with Crippen LogP contribution < -0.4 is 5.32 Å². The highest BCUT2D eigenvalue weighted by Crippen LogP contribution is 2.21. The van der Waals surface area contributed by atoms with E-state index < -0.39 is 0 Å². The van der Waals surface area contributed by atoms with E-state index in [0.29, 0.717) is 30.2 Å². The number of nitrogens with zero attached hydrogens (tertiary/aromatic N) is 5. The molecule has 7 nitrogen and oxygen atoms in total. The molecule has 132 valence electrons. The Bertz CT molecular complexity index is 898.